The maximum atomic E-state index is 9.19. The van der Waals surface area contributed by atoms with E-state index in [4.69, 9.17) is 0 Å². The molecular formula is C8H12N2O. The summed E-state index contributed by atoms with van der Waals surface area (Å²) in [6.45, 7) is 4.16. The molecule has 0 unspecified atom stereocenters. The second-order valence-corrected chi connectivity index (χ2v) is 2.92. The van der Waals surface area contributed by atoms with E-state index in [9.17, 15) is 5.11 Å². The Balaban J connectivity index is 2.78. The molecule has 3 nitrogen and oxygen atoms in total. The fraction of sp³-hybridized carbons (Fsp3) is 0.500. The van der Waals surface area contributed by atoms with E-state index in [2.05, 4.69) is 23.8 Å². The third kappa shape index (κ3) is 2.18. The molecule has 0 amide bonds. The third-order valence-electron chi connectivity index (χ3n) is 1.35. The minimum Gasteiger partial charge on any atom is -0.492 e. The van der Waals surface area contributed by atoms with Crippen LogP contribution in [0.15, 0.2) is 12.4 Å². The zero-order valence-corrected chi connectivity index (χ0v) is 6.78. The van der Waals surface area contributed by atoms with Gasteiger partial charge in [0.15, 0.2) is 0 Å². The maximum Gasteiger partial charge on any atom is 0.233 e. The summed E-state index contributed by atoms with van der Waals surface area (Å²) in [7, 11) is 0. The highest BCUT2D eigenvalue weighted by molar-refractivity contribution is 5.15. The molecule has 11 heavy (non-hydrogen) atoms. The van der Waals surface area contributed by atoms with Gasteiger partial charge in [0.05, 0.1) is 0 Å². The number of aromatic hydroxyl groups is 1. The Bertz CT molecular complexity index is 235. The molecule has 1 rings (SSSR count). The highest BCUT2D eigenvalue weighted by atomic mass is 16.3. The Hall–Kier alpha value is -1.12. The van der Waals surface area contributed by atoms with E-state index in [-0.39, 0.29) is 5.88 Å². The first kappa shape index (κ1) is 7.98. The van der Waals surface area contributed by atoms with Crippen LogP contribution in [0.25, 0.3) is 0 Å². The van der Waals surface area contributed by atoms with Crippen LogP contribution >= 0.6 is 0 Å². The van der Waals surface area contributed by atoms with Crippen molar-refractivity contribution in [3.05, 3.63) is 18.1 Å². The van der Waals surface area contributed by atoms with Crippen LogP contribution in [-0.2, 0) is 6.42 Å². The number of hydrogen-bond acceptors (Lipinski definition) is 3. The van der Waals surface area contributed by atoms with Gasteiger partial charge in [-0.05, 0) is 12.3 Å². The van der Waals surface area contributed by atoms with Crippen LogP contribution in [0.5, 0.6) is 5.88 Å². The average molecular weight is 152 g/mol. The Morgan fingerprint density at radius 2 is 2.00 bits per heavy atom. The van der Waals surface area contributed by atoms with Crippen molar-refractivity contribution >= 4 is 0 Å². The molecule has 0 radical (unpaired) electrons. The van der Waals surface area contributed by atoms with Crippen molar-refractivity contribution in [2.45, 2.75) is 20.3 Å². The number of hydrogen-bond donors (Lipinski definition) is 1. The van der Waals surface area contributed by atoms with Crippen molar-refractivity contribution in [1.82, 2.24) is 9.97 Å². The Labute approximate surface area is 66.1 Å². The van der Waals surface area contributed by atoms with E-state index < -0.39 is 0 Å². The lowest BCUT2D eigenvalue weighted by Gasteiger charge is -2.03. The van der Waals surface area contributed by atoms with Crippen LogP contribution in [0.1, 0.15) is 19.5 Å². The Morgan fingerprint density at radius 3 is 2.55 bits per heavy atom. The molecule has 0 fully saturated rings. The predicted octanol–water partition coefficient (Wildman–Crippen LogP) is 1.38. The van der Waals surface area contributed by atoms with Crippen LogP contribution < -0.4 is 0 Å². The quantitative estimate of drug-likeness (QED) is 0.696. The highest BCUT2D eigenvalue weighted by Gasteiger charge is 2.04. The van der Waals surface area contributed by atoms with Gasteiger partial charge in [0.1, 0.15) is 5.69 Å². The number of aromatic nitrogens is 2. The lowest BCUT2D eigenvalue weighted by Crippen LogP contribution is -1.98. The molecule has 1 N–H and O–H groups in total. The van der Waals surface area contributed by atoms with E-state index in [1.54, 1.807) is 6.20 Å². The molecular weight excluding hydrogens is 140 g/mol. The summed E-state index contributed by atoms with van der Waals surface area (Å²) < 4.78 is 0. The van der Waals surface area contributed by atoms with Crippen molar-refractivity contribution in [3.8, 4) is 5.88 Å². The molecule has 0 atom stereocenters. The Morgan fingerprint density at radius 1 is 1.36 bits per heavy atom. The van der Waals surface area contributed by atoms with Crippen molar-refractivity contribution in [2.24, 2.45) is 5.92 Å². The van der Waals surface area contributed by atoms with E-state index in [1.807, 2.05) is 0 Å². The molecule has 3 heteroatoms. The zero-order valence-electron chi connectivity index (χ0n) is 6.78. The second-order valence-electron chi connectivity index (χ2n) is 2.92. The fourth-order valence-electron chi connectivity index (χ4n) is 0.890. The maximum absolute atomic E-state index is 9.19. The van der Waals surface area contributed by atoms with Crippen molar-refractivity contribution < 1.29 is 5.11 Å². The molecule has 60 valence electrons. The minimum atomic E-state index is 0.0567. The van der Waals surface area contributed by atoms with Gasteiger partial charge in [0, 0.05) is 12.4 Å². The third-order valence-corrected chi connectivity index (χ3v) is 1.35. The van der Waals surface area contributed by atoms with Gasteiger partial charge in [0.25, 0.3) is 0 Å². The van der Waals surface area contributed by atoms with Gasteiger partial charge < -0.3 is 5.11 Å². The van der Waals surface area contributed by atoms with E-state index in [1.165, 1.54) is 6.20 Å². The van der Waals surface area contributed by atoms with Gasteiger partial charge in [-0.3, -0.25) is 4.98 Å². The summed E-state index contributed by atoms with van der Waals surface area (Å²) in [6.07, 6.45) is 3.86. The van der Waals surface area contributed by atoms with Gasteiger partial charge in [-0.25, -0.2) is 4.98 Å². The summed E-state index contributed by atoms with van der Waals surface area (Å²) in [5.74, 6) is 0.554. The molecule has 0 spiro atoms. The monoisotopic (exact) mass is 152 g/mol. The minimum absolute atomic E-state index is 0.0567. The molecule has 0 aliphatic heterocycles. The lowest BCUT2D eigenvalue weighted by molar-refractivity contribution is 0.435. The van der Waals surface area contributed by atoms with Crippen molar-refractivity contribution in [1.29, 1.82) is 0 Å². The van der Waals surface area contributed by atoms with Crippen molar-refractivity contribution in [2.75, 3.05) is 0 Å². The second kappa shape index (κ2) is 3.32. The highest BCUT2D eigenvalue weighted by Crippen LogP contribution is 2.12. The normalized spacial score (nSPS) is 10.5. The molecule has 0 aliphatic rings. The van der Waals surface area contributed by atoms with Crippen LogP contribution in [0.3, 0.4) is 0 Å². The molecule has 0 aromatic carbocycles. The van der Waals surface area contributed by atoms with Crippen LogP contribution in [0.4, 0.5) is 0 Å². The average Bonchev–Trinajstić information content (AvgIpc) is 1.93. The first-order chi connectivity index (χ1) is 5.20. The predicted molar refractivity (Wildman–Crippen MR) is 42.2 cm³/mol. The smallest absolute Gasteiger partial charge is 0.233 e. The topological polar surface area (TPSA) is 46.0 Å². The number of nitrogens with zero attached hydrogens (tertiary/aromatic N) is 2. The summed E-state index contributed by atoms with van der Waals surface area (Å²) >= 11 is 0. The molecule has 1 heterocycles. The van der Waals surface area contributed by atoms with Crippen LogP contribution in [0, 0.1) is 5.92 Å². The van der Waals surface area contributed by atoms with E-state index >= 15 is 0 Å². The summed E-state index contributed by atoms with van der Waals surface area (Å²) in [6, 6.07) is 0. The van der Waals surface area contributed by atoms with E-state index in [0.717, 1.165) is 6.42 Å². The molecule has 0 aliphatic carbocycles. The van der Waals surface area contributed by atoms with Crippen LogP contribution in [0.2, 0.25) is 0 Å². The summed E-state index contributed by atoms with van der Waals surface area (Å²) in [5, 5.41) is 9.19. The van der Waals surface area contributed by atoms with Crippen molar-refractivity contribution in [3.63, 3.8) is 0 Å². The van der Waals surface area contributed by atoms with Gasteiger partial charge in [-0.1, -0.05) is 13.8 Å². The Kier molecular flexibility index (Phi) is 2.41. The zero-order chi connectivity index (χ0) is 8.27. The van der Waals surface area contributed by atoms with Crippen LogP contribution in [-0.4, -0.2) is 15.1 Å². The number of rotatable bonds is 2. The lowest BCUT2D eigenvalue weighted by atomic mass is 10.1. The molecule has 0 bridgehead atoms. The largest absolute Gasteiger partial charge is 0.492 e. The first-order valence-corrected chi connectivity index (χ1v) is 3.69. The molecule has 0 saturated heterocycles. The fourth-order valence-corrected chi connectivity index (χ4v) is 0.890. The first-order valence-electron chi connectivity index (χ1n) is 3.69. The van der Waals surface area contributed by atoms with Gasteiger partial charge >= 0.3 is 0 Å². The standard InChI is InChI=1S/C8H12N2O/c1-6(2)5-7-8(11)10-4-3-9-7/h3-4,6H,5H2,1-2H3,(H,10,11). The van der Waals surface area contributed by atoms with E-state index in [0.29, 0.717) is 11.6 Å². The SMILES string of the molecule is CC(C)Cc1nccnc1O. The van der Waals surface area contributed by atoms with Gasteiger partial charge in [-0.2, -0.15) is 0 Å². The molecule has 1 aromatic heterocycles. The van der Waals surface area contributed by atoms with Gasteiger partial charge in [-0.15, -0.1) is 0 Å². The molecule has 1 aromatic rings. The summed E-state index contributed by atoms with van der Waals surface area (Å²) in [5.41, 5.74) is 0.683. The van der Waals surface area contributed by atoms with Gasteiger partial charge in [0.2, 0.25) is 5.88 Å². The molecule has 0 saturated carbocycles. The summed E-state index contributed by atoms with van der Waals surface area (Å²) in [4.78, 5) is 7.73.